The van der Waals surface area contributed by atoms with Gasteiger partial charge in [0.25, 0.3) is 0 Å². The zero-order valence-corrected chi connectivity index (χ0v) is 17.3. The largest absolute Gasteiger partial charge is 0.293 e. The van der Waals surface area contributed by atoms with Crippen molar-refractivity contribution in [2.24, 2.45) is 10.2 Å². The molecular formula is C23H20N4OS. The lowest BCUT2D eigenvalue weighted by Crippen LogP contribution is -2.04. The SMILES string of the molecule is Cc1ccc(N=Nc2c(C)nc(SCC(=O)c3ccccc3)c(C#N)c2C)cc1. The molecule has 0 aliphatic carbocycles. The van der Waals surface area contributed by atoms with Crippen molar-refractivity contribution in [2.45, 2.75) is 25.8 Å². The molecule has 0 bridgehead atoms. The van der Waals surface area contributed by atoms with Crippen LogP contribution in [0.2, 0.25) is 0 Å². The summed E-state index contributed by atoms with van der Waals surface area (Å²) in [6.07, 6.45) is 0. The van der Waals surface area contributed by atoms with Gasteiger partial charge in [-0.15, -0.1) is 5.11 Å². The van der Waals surface area contributed by atoms with E-state index in [0.29, 0.717) is 33.1 Å². The Kier molecular flexibility index (Phi) is 6.53. The van der Waals surface area contributed by atoms with E-state index in [1.807, 2.05) is 63.2 Å². The third-order valence-corrected chi connectivity index (χ3v) is 5.38. The van der Waals surface area contributed by atoms with Crippen molar-refractivity contribution in [1.29, 1.82) is 5.26 Å². The maximum absolute atomic E-state index is 12.4. The number of rotatable bonds is 6. The van der Waals surface area contributed by atoms with Gasteiger partial charge in [0, 0.05) is 5.56 Å². The smallest absolute Gasteiger partial charge is 0.173 e. The zero-order chi connectivity index (χ0) is 20.8. The fraction of sp³-hybridized carbons (Fsp3) is 0.174. The summed E-state index contributed by atoms with van der Waals surface area (Å²) >= 11 is 1.27. The summed E-state index contributed by atoms with van der Waals surface area (Å²) in [5.41, 5.74) is 4.93. The zero-order valence-electron chi connectivity index (χ0n) is 16.5. The number of hydrogen-bond donors (Lipinski definition) is 0. The number of thioether (sulfide) groups is 1. The summed E-state index contributed by atoms with van der Waals surface area (Å²) < 4.78 is 0. The number of benzene rings is 2. The van der Waals surface area contributed by atoms with Crippen LogP contribution in [-0.2, 0) is 0 Å². The topological polar surface area (TPSA) is 78.5 Å². The molecule has 0 unspecified atom stereocenters. The number of carbonyl (C=O) groups is 1. The Balaban J connectivity index is 1.84. The highest BCUT2D eigenvalue weighted by atomic mass is 32.2. The first-order valence-electron chi connectivity index (χ1n) is 9.10. The van der Waals surface area contributed by atoms with Crippen LogP contribution in [0, 0.1) is 32.1 Å². The standard InChI is InChI=1S/C23H20N4OS/c1-15-9-11-19(12-10-15)26-27-22-16(2)20(13-24)23(25-17(22)3)29-14-21(28)18-7-5-4-6-8-18/h4-12H,14H2,1-3H3. The van der Waals surface area contributed by atoms with Crippen molar-refractivity contribution in [1.82, 2.24) is 4.98 Å². The predicted octanol–water partition coefficient (Wildman–Crippen LogP) is 6.27. The first-order chi connectivity index (χ1) is 14.0. The quantitative estimate of drug-likeness (QED) is 0.277. The second-order valence-corrected chi connectivity index (χ2v) is 7.54. The normalized spacial score (nSPS) is 10.8. The second kappa shape index (κ2) is 9.26. The number of nitriles is 1. The number of hydrogen-bond acceptors (Lipinski definition) is 6. The molecule has 0 fully saturated rings. The molecule has 3 aromatic rings. The predicted molar refractivity (Wildman–Crippen MR) is 115 cm³/mol. The molecule has 0 aliphatic rings. The molecule has 0 atom stereocenters. The highest BCUT2D eigenvalue weighted by Crippen LogP contribution is 2.33. The molecule has 3 rings (SSSR count). The van der Waals surface area contributed by atoms with E-state index in [9.17, 15) is 10.1 Å². The molecule has 2 aromatic carbocycles. The van der Waals surface area contributed by atoms with Crippen molar-refractivity contribution in [3.63, 3.8) is 0 Å². The molecule has 1 heterocycles. The molecule has 0 N–H and O–H groups in total. The van der Waals surface area contributed by atoms with Gasteiger partial charge in [-0.3, -0.25) is 4.79 Å². The van der Waals surface area contributed by atoms with Gasteiger partial charge in [-0.05, 0) is 38.5 Å². The number of aryl methyl sites for hydroxylation is 2. The van der Waals surface area contributed by atoms with E-state index in [2.05, 4.69) is 21.3 Å². The van der Waals surface area contributed by atoms with Crippen LogP contribution in [0.5, 0.6) is 0 Å². The van der Waals surface area contributed by atoms with Crippen LogP contribution in [0.3, 0.4) is 0 Å². The number of carbonyl (C=O) groups excluding carboxylic acids is 1. The number of Topliss-reactive ketones (excluding diaryl/α,β-unsaturated/α-hetero) is 1. The maximum atomic E-state index is 12.4. The molecule has 1 aromatic heterocycles. The van der Waals surface area contributed by atoms with Crippen molar-refractivity contribution < 1.29 is 4.79 Å². The van der Waals surface area contributed by atoms with Gasteiger partial charge in [-0.1, -0.05) is 59.8 Å². The van der Waals surface area contributed by atoms with Crippen molar-refractivity contribution in [3.8, 4) is 6.07 Å². The molecular weight excluding hydrogens is 380 g/mol. The molecule has 0 radical (unpaired) electrons. The summed E-state index contributed by atoms with van der Waals surface area (Å²) in [5.74, 6) is 0.217. The molecule has 0 amide bonds. The van der Waals surface area contributed by atoms with E-state index in [1.54, 1.807) is 12.1 Å². The summed E-state index contributed by atoms with van der Waals surface area (Å²) in [6.45, 7) is 5.68. The summed E-state index contributed by atoms with van der Waals surface area (Å²) in [4.78, 5) is 16.9. The minimum Gasteiger partial charge on any atom is -0.293 e. The van der Waals surface area contributed by atoms with E-state index >= 15 is 0 Å². The van der Waals surface area contributed by atoms with Crippen LogP contribution in [-0.4, -0.2) is 16.5 Å². The van der Waals surface area contributed by atoms with Gasteiger partial charge in [-0.2, -0.15) is 10.4 Å². The van der Waals surface area contributed by atoms with Gasteiger partial charge in [0.05, 0.1) is 22.7 Å². The van der Waals surface area contributed by atoms with Crippen LogP contribution in [0.1, 0.15) is 32.7 Å². The van der Waals surface area contributed by atoms with Gasteiger partial charge in [0.2, 0.25) is 0 Å². The van der Waals surface area contributed by atoms with Crippen LogP contribution >= 0.6 is 11.8 Å². The minimum atomic E-state index is -0.000249. The molecule has 29 heavy (non-hydrogen) atoms. The van der Waals surface area contributed by atoms with E-state index in [-0.39, 0.29) is 11.5 Å². The lowest BCUT2D eigenvalue weighted by molar-refractivity contribution is 0.102. The van der Waals surface area contributed by atoms with E-state index in [0.717, 1.165) is 11.3 Å². The molecule has 6 heteroatoms. The fourth-order valence-corrected chi connectivity index (χ4v) is 3.73. The minimum absolute atomic E-state index is 0.000249. The monoisotopic (exact) mass is 400 g/mol. The molecule has 0 saturated heterocycles. The third kappa shape index (κ3) is 4.95. The van der Waals surface area contributed by atoms with Crippen molar-refractivity contribution >= 4 is 28.9 Å². The second-order valence-electron chi connectivity index (χ2n) is 6.58. The number of azo groups is 1. The van der Waals surface area contributed by atoms with Gasteiger partial charge in [0.1, 0.15) is 16.8 Å². The molecule has 144 valence electrons. The molecule has 0 aliphatic heterocycles. The van der Waals surface area contributed by atoms with E-state index in [4.69, 9.17) is 0 Å². The van der Waals surface area contributed by atoms with Crippen LogP contribution in [0.15, 0.2) is 69.9 Å². The van der Waals surface area contributed by atoms with Gasteiger partial charge < -0.3 is 0 Å². The highest BCUT2D eigenvalue weighted by Gasteiger charge is 2.17. The van der Waals surface area contributed by atoms with E-state index < -0.39 is 0 Å². The summed E-state index contributed by atoms with van der Waals surface area (Å²) in [5, 5.41) is 18.8. The molecule has 0 spiro atoms. The number of ketones is 1. The lowest BCUT2D eigenvalue weighted by Gasteiger charge is -2.10. The first kappa shape index (κ1) is 20.4. The summed E-state index contributed by atoms with van der Waals surface area (Å²) in [7, 11) is 0. The first-order valence-corrected chi connectivity index (χ1v) is 10.1. The third-order valence-electron chi connectivity index (χ3n) is 4.40. The average Bonchev–Trinajstić information content (AvgIpc) is 2.73. The Labute approximate surface area is 174 Å². The Morgan fingerprint density at radius 2 is 1.72 bits per heavy atom. The highest BCUT2D eigenvalue weighted by molar-refractivity contribution is 8.00. The lowest BCUT2D eigenvalue weighted by atomic mass is 10.1. The summed E-state index contributed by atoms with van der Waals surface area (Å²) in [6, 6.07) is 19.0. The Morgan fingerprint density at radius 1 is 1.03 bits per heavy atom. The van der Waals surface area contributed by atoms with Crippen LogP contribution in [0.4, 0.5) is 11.4 Å². The molecule has 0 saturated carbocycles. The fourth-order valence-electron chi connectivity index (χ4n) is 2.76. The Hall–Kier alpha value is -3.30. The van der Waals surface area contributed by atoms with Crippen LogP contribution in [0.25, 0.3) is 0 Å². The van der Waals surface area contributed by atoms with Gasteiger partial charge in [-0.25, -0.2) is 4.98 Å². The Morgan fingerprint density at radius 3 is 2.38 bits per heavy atom. The van der Waals surface area contributed by atoms with Gasteiger partial charge in [0.15, 0.2) is 5.78 Å². The van der Waals surface area contributed by atoms with Crippen molar-refractivity contribution in [2.75, 3.05) is 5.75 Å². The van der Waals surface area contributed by atoms with E-state index in [1.165, 1.54) is 11.8 Å². The maximum Gasteiger partial charge on any atom is 0.173 e. The van der Waals surface area contributed by atoms with Crippen LogP contribution < -0.4 is 0 Å². The Bertz CT molecular complexity index is 1100. The average molecular weight is 401 g/mol. The van der Waals surface area contributed by atoms with Crippen molar-refractivity contribution in [3.05, 3.63) is 82.5 Å². The number of nitrogens with zero attached hydrogens (tertiary/aromatic N) is 4. The molecule has 5 nitrogen and oxygen atoms in total. The van der Waals surface area contributed by atoms with Gasteiger partial charge >= 0.3 is 0 Å². The number of aromatic nitrogens is 1. The number of pyridine rings is 1.